The summed E-state index contributed by atoms with van der Waals surface area (Å²) in [4.78, 5) is 0. The molecule has 0 saturated carbocycles. The van der Waals surface area contributed by atoms with Gasteiger partial charge in [-0.2, -0.15) is 5.10 Å². The summed E-state index contributed by atoms with van der Waals surface area (Å²) >= 11 is 0. The van der Waals surface area contributed by atoms with Gasteiger partial charge in [0.15, 0.2) is 0 Å². The van der Waals surface area contributed by atoms with Gasteiger partial charge in [0.1, 0.15) is 5.75 Å². The lowest BCUT2D eigenvalue weighted by Gasteiger charge is -2.07. The summed E-state index contributed by atoms with van der Waals surface area (Å²) in [6.45, 7) is 3.66. The highest BCUT2D eigenvalue weighted by atomic mass is 16.5. The Hall–Kier alpha value is -2.29. The molecule has 0 aliphatic heterocycles. The van der Waals surface area contributed by atoms with Gasteiger partial charge in [-0.15, -0.1) is 0 Å². The molecule has 2 aromatic carbocycles. The molecule has 0 radical (unpaired) electrons. The van der Waals surface area contributed by atoms with E-state index in [1.54, 1.807) is 0 Å². The smallest absolute Gasteiger partial charge is 0.119 e. The van der Waals surface area contributed by atoms with Crippen LogP contribution in [-0.2, 0) is 6.54 Å². The fraction of sp³-hybridized carbons (Fsp3) is 0.235. The summed E-state index contributed by atoms with van der Waals surface area (Å²) in [6.07, 6.45) is 2.86. The molecule has 102 valence electrons. The van der Waals surface area contributed by atoms with Gasteiger partial charge in [-0.25, -0.2) is 0 Å². The van der Waals surface area contributed by atoms with Crippen molar-refractivity contribution in [3.05, 3.63) is 60.3 Å². The highest BCUT2D eigenvalue weighted by molar-refractivity contribution is 5.78. The second-order valence-electron chi connectivity index (χ2n) is 4.94. The van der Waals surface area contributed by atoms with Gasteiger partial charge in [0.05, 0.1) is 18.3 Å². The highest BCUT2D eigenvalue weighted by Crippen LogP contribution is 2.14. The molecule has 3 nitrogen and oxygen atoms in total. The van der Waals surface area contributed by atoms with Crippen molar-refractivity contribution in [2.24, 2.45) is 0 Å². The highest BCUT2D eigenvalue weighted by Gasteiger charge is 2.01. The van der Waals surface area contributed by atoms with Crippen LogP contribution in [0.4, 0.5) is 0 Å². The first-order valence-electron chi connectivity index (χ1n) is 6.93. The van der Waals surface area contributed by atoms with Crippen molar-refractivity contribution in [3.8, 4) is 5.75 Å². The Morgan fingerprint density at radius 2 is 1.85 bits per heavy atom. The Morgan fingerprint density at radius 3 is 2.70 bits per heavy atom. The van der Waals surface area contributed by atoms with E-state index in [0.717, 1.165) is 18.7 Å². The minimum absolute atomic E-state index is 0.706. The predicted molar refractivity (Wildman–Crippen MR) is 81.0 cm³/mol. The standard InChI is InChI=1S/C17H18N2O/c1-14-7-9-16(10-8-14)20-12-4-11-19-17-6-3-2-5-15(17)13-18-19/h2-3,5-10,13H,4,11-12H2,1H3. The fourth-order valence-electron chi connectivity index (χ4n) is 2.24. The Bertz CT molecular complexity index is 686. The maximum Gasteiger partial charge on any atom is 0.119 e. The molecule has 0 saturated heterocycles. The summed E-state index contributed by atoms with van der Waals surface area (Å²) < 4.78 is 7.77. The molecule has 0 bridgehead atoms. The number of hydrogen-bond acceptors (Lipinski definition) is 2. The minimum atomic E-state index is 0.706. The monoisotopic (exact) mass is 266 g/mol. The zero-order chi connectivity index (χ0) is 13.8. The number of aryl methyl sites for hydroxylation is 2. The topological polar surface area (TPSA) is 27.1 Å². The molecule has 0 unspecified atom stereocenters. The van der Waals surface area contributed by atoms with Crippen molar-refractivity contribution in [1.29, 1.82) is 0 Å². The fourth-order valence-corrected chi connectivity index (χ4v) is 2.24. The van der Waals surface area contributed by atoms with Gasteiger partial charge < -0.3 is 4.74 Å². The molecule has 1 aromatic heterocycles. The van der Waals surface area contributed by atoms with Gasteiger partial charge in [-0.3, -0.25) is 4.68 Å². The number of ether oxygens (including phenoxy) is 1. The molecule has 1 heterocycles. The van der Waals surface area contributed by atoms with Crippen LogP contribution in [0.25, 0.3) is 10.9 Å². The van der Waals surface area contributed by atoms with Gasteiger partial charge in [0.25, 0.3) is 0 Å². The van der Waals surface area contributed by atoms with E-state index < -0.39 is 0 Å². The first kappa shape index (κ1) is 12.7. The molecule has 3 rings (SSSR count). The van der Waals surface area contributed by atoms with Crippen molar-refractivity contribution in [3.63, 3.8) is 0 Å². The average molecular weight is 266 g/mol. The molecule has 0 amide bonds. The number of rotatable bonds is 5. The van der Waals surface area contributed by atoms with Crippen LogP contribution in [0.5, 0.6) is 5.75 Å². The third-order valence-electron chi connectivity index (χ3n) is 3.36. The first-order valence-corrected chi connectivity index (χ1v) is 6.93. The third kappa shape index (κ3) is 2.82. The molecule has 0 atom stereocenters. The van der Waals surface area contributed by atoms with Gasteiger partial charge in [0, 0.05) is 18.4 Å². The number of fused-ring (bicyclic) bond motifs is 1. The number of benzene rings is 2. The largest absolute Gasteiger partial charge is 0.494 e. The van der Waals surface area contributed by atoms with Crippen LogP contribution in [0.2, 0.25) is 0 Å². The summed E-state index contributed by atoms with van der Waals surface area (Å²) in [5, 5.41) is 5.60. The van der Waals surface area contributed by atoms with Crippen LogP contribution < -0.4 is 4.74 Å². The number of nitrogens with zero attached hydrogens (tertiary/aromatic N) is 2. The summed E-state index contributed by atoms with van der Waals surface area (Å²) in [6, 6.07) is 16.4. The Balaban J connectivity index is 1.54. The lowest BCUT2D eigenvalue weighted by Crippen LogP contribution is -2.05. The normalized spacial score (nSPS) is 10.8. The van der Waals surface area contributed by atoms with Crippen LogP contribution >= 0.6 is 0 Å². The molecule has 0 spiro atoms. The molecule has 3 heteroatoms. The predicted octanol–water partition coefficient (Wildman–Crippen LogP) is 3.81. The molecule has 3 aromatic rings. The van der Waals surface area contributed by atoms with E-state index in [1.165, 1.54) is 16.5 Å². The number of aromatic nitrogens is 2. The number of para-hydroxylation sites is 1. The van der Waals surface area contributed by atoms with Crippen molar-refractivity contribution in [2.75, 3.05) is 6.61 Å². The summed E-state index contributed by atoms with van der Waals surface area (Å²) in [5.74, 6) is 0.931. The van der Waals surface area contributed by atoms with Crippen molar-refractivity contribution in [1.82, 2.24) is 9.78 Å². The second kappa shape index (κ2) is 5.78. The maximum absolute atomic E-state index is 5.73. The van der Waals surface area contributed by atoms with Crippen molar-refractivity contribution >= 4 is 10.9 Å². The Morgan fingerprint density at radius 1 is 1.05 bits per heavy atom. The van der Waals surface area contributed by atoms with E-state index >= 15 is 0 Å². The average Bonchev–Trinajstić information content (AvgIpc) is 2.89. The SMILES string of the molecule is Cc1ccc(OCCCn2ncc3ccccc32)cc1. The summed E-state index contributed by atoms with van der Waals surface area (Å²) in [7, 11) is 0. The van der Waals surface area contributed by atoms with Gasteiger partial charge in [-0.1, -0.05) is 35.9 Å². The van der Waals surface area contributed by atoms with E-state index in [0.29, 0.717) is 6.61 Å². The van der Waals surface area contributed by atoms with E-state index in [9.17, 15) is 0 Å². The number of hydrogen-bond donors (Lipinski definition) is 0. The Labute approximate surface area is 118 Å². The maximum atomic E-state index is 5.73. The molecule has 0 fully saturated rings. The summed E-state index contributed by atoms with van der Waals surface area (Å²) in [5.41, 5.74) is 2.43. The molecule has 0 N–H and O–H groups in total. The molecule has 0 aliphatic carbocycles. The zero-order valence-electron chi connectivity index (χ0n) is 11.6. The van der Waals surface area contributed by atoms with E-state index in [4.69, 9.17) is 4.74 Å². The molecule has 20 heavy (non-hydrogen) atoms. The first-order chi connectivity index (χ1) is 9.83. The van der Waals surface area contributed by atoms with Crippen molar-refractivity contribution in [2.45, 2.75) is 19.9 Å². The van der Waals surface area contributed by atoms with Crippen LogP contribution in [0.1, 0.15) is 12.0 Å². The van der Waals surface area contributed by atoms with E-state index in [2.05, 4.69) is 36.3 Å². The molecular weight excluding hydrogens is 248 g/mol. The van der Waals surface area contributed by atoms with Crippen LogP contribution in [0.15, 0.2) is 54.7 Å². The lowest BCUT2D eigenvalue weighted by molar-refractivity contribution is 0.299. The molecule has 0 aliphatic rings. The van der Waals surface area contributed by atoms with Gasteiger partial charge >= 0.3 is 0 Å². The van der Waals surface area contributed by atoms with E-state index in [-0.39, 0.29) is 0 Å². The van der Waals surface area contributed by atoms with Crippen molar-refractivity contribution < 1.29 is 4.74 Å². The third-order valence-corrected chi connectivity index (χ3v) is 3.36. The van der Waals surface area contributed by atoms with Crippen LogP contribution in [-0.4, -0.2) is 16.4 Å². The minimum Gasteiger partial charge on any atom is -0.494 e. The lowest BCUT2D eigenvalue weighted by atomic mass is 10.2. The van der Waals surface area contributed by atoms with Gasteiger partial charge in [-0.05, 0) is 25.1 Å². The van der Waals surface area contributed by atoms with Crippen LogP contribution in [0, 0.1) is 6.92 Å². The second-order valence-corrected chi connectivity index (χ2v) is 4.94. The molecular formula is C17H18N2O. The quantitative estimate of drug-likeness (QED) is 0.656. The van der Waals surface area contributed by atoms with Gasteiger partial charge in [0.2, 0.25) is 0 Å². The Kier molecular flexibility index (Phi) is 3.68. The van der Waals surface area contributed by atoms with E-state index in [1.807, 2.05) is 35.1 Å². The zero-order valence-corrected chi connectivity index (χ0v) is 11.6. The van der Waals surface area contributed by atoms with Crippen LogP contribution in [0.3, 0.4) is 0 Å².